The van der Waals surface area contributed by atoms with Crippen LogP contribution >= 0.6 is 0 Å². The molecule has 0 fully saturated rings. The van der Waals surface area contributed by atoms with Gasteiger partial charge in [0.15, 0.2) is 0 Å². The Morgan fingerprint density at radius 3 is 0.369 bits per heavy atom. The van der Waals surface area contributed by atoms with Crippen molar-refractivity contribution < 1.29 is 198 Å². The van der Waals surface area contributed by atoms with Crippen molar-refractivity contribution in [1.82, 2.24) is 0 Å². The predicted octanol–water partition coefficient (Wildman–Crippen LogP) is 14.0. The fourth-order valence-corrected chi connectivity index (χ4v) is 4.16. The molecule has 0 unspecified atom stereocenters. The SMILES string of the molecule is FC(F)(F)C(F)(F)C(F)(F)C(F)(F)C(F)(F)C(F)(F)C(F)(F)C(F)(F)C(F)(F)C(F)(F)C(F)(F)[N+](C(F)(F)C(F)(F)C(F)(F)F)(C(F)(F)C(F)(F)C(F)(F)F)C(F)(F)C(F)(F)C(F)(F)F. The minimum Gasteiger partial charge on any atom is -0.192 e. The molecule has 0 saturated carbocycles. The molecule has 0 amide bonds. The molecule has 0 rings (SSSR count). The minimum atomic E-state index is -12.3. The fourth-order valence-electron chi connectivity index (χ4n) is 4.16. The predicted molar refractivity (Wildman–Crippen MR) is 104 cm³/mol. The Balaban J connectivity index is 9.71. The van der Waals surface area contributed by atoms with Gasteiger partial charge in [-0.2, -0.15) is 158 Å². The van der Waals surface area contributed by atoms with Crippen LogP contribution in [0.2, 0.25) is 0 Å². The first-order chi connectivity index (χ1) is 27.0. The van der Waals surface area contributed by atoms with E-state index in [1.165, 1.54) is 0 Å². The summed E-state index contributed by atoms with van der Waals surface area (Å²) in [5.74, 6) is -128. The third kappa shape index (κ3) is 6.75. The second-order valence-corrected chi connectivity index (χ2v) is 11.7. The van der Waals surface area contributed by atoms with Gasteiger partial charge < -0.3 is 0 Å². The zero-order valence-corrected chi connectivity index (χ0v) is 27.1. The van der Waals surface area contributed by atoms with Crippen molar-refractivity contribution in [2.24, 2.45) is 0 Å². The Morgan fingerprint density at radius 2 is 0.231 bits per heavy atom. The Kier molecular flexibility index (Phi) is 13.8. The number of hydrogen-bond donors (Lipinski definition) is 0. The summed E-state index contributed by atoms with van der Waals surface area (Å²) in [6.45, 7) is 0. The van der Waals surface area contributed by atoms with E-state index in [1.807, 2.05) is 0 Å². The summed E-state index contributed by atoms with van der Waals surface area (Å²) >= 11 is 0. The third-order valence-corrected chi connectivity index (χ3v) is 7.77. The van der Waals surface area contributed by atoms with Crippen LogP contribution in [0.3, 0.4) is 0 Å². The molecule has 0 radical (unpaired) electrons. The number of hydrogen-bond acceptors (Lipinski definition) is 0. The van der Waals surface area contributed by atoms with Gasteiger partial charge in [-0.05, 0) is 0 Å². The van der Waals surface area contributed by atoms with Gasteiger partial charge in [0, 0.05) is 0 Å². The summed E-state index contributed by atoms with van der Waals surface area (Å²) < 4.78 is 592. The van der Waals surface area contributed by atoms with Gasteiger partial charge in [0.25, 0.3) is 0 Å². The van der Waals surface area contributed by atoms with Crippen LogP contribution in [0.15, 0.2) is 0 Å². The quantitative estimate of drug-likeness (QED) is 0.0821. The van der Waals surface area contributed by atoms with Gasteiger partial charge in [-0.15, -0.1) is 35.1 Å². The van der Waals surface area contributed by atoms with Crippen molar-refractivity contribution in [3.63, 3.8) is 0 Å². The van der Waals surface area contributed by atoms with Crippen molar-refractivity contribution in [2.75, 3.05) is 0 Å². The molecule has 392 valence electrons. The lowest BCUT2D eigenvalue weighted by Gasteiger charge is -2.57. The molecule has 0 saturated heterocycles. The van der Waals surface area contributed by atoms with E-state index in [-0.39, 0.29) is 0 Å². The average molecular weight is 1090 g/mol. The highest BCUT2D eigenvalue weighted by molar-refractivity contribution is 5.19. The Hall–Kier alpha value is -3.12. The van der Waals surface area contributed by atoms with E-state index in [0.29, 0.717) is 0 Å². The molecular weight excluding hydrogens is 1090 g/mol. The largest absolute Gasteiger partial charge is 0.480 e. The molecule has 0 aromatic carbocycles. The first-order valence-corrected chi connectivity index (χ1v) is 13.2. The highest BCUT2D eigenvalue weighted by atomic mass is 19.5. The summed E-state index contributed by atoms with van der Waals surface area (Å²) in [5, 5.41) is 0. The first kappa shape index (κ1) is 61.9. The zero-order valence-electron chi connectivity index (χ0n) is 27.1. The van der Waals surface area contributed by atoms with E-state index in [0.717, 1.165) is 0 Å². The van der Waals surface area contributed by atoms with Crippen molar-refractivity contribution in [2.45, 2.75) is 120 Å². The standard InChI is InChI=1S/C20F44N/c21-1(22,2(23,24)4(27,28)6(31,32)8(35,36)13(45,46)47)3(25,26)5(29,30)7(33,34)9(37,38)17(57,58)65(18(59,60)10(39,40)14(48,49)50,19(61,62)11(41,42)15(51,52)53)20(63,64)12(43,44)16(54,55)56/q+1. The Bertz CT molecular complexity index is 1630. The molecule has 0 N–H and O–H groups in total. The lowest BCUT2D eigenvalue weighted by Crippen LogP contribution is -2.95. The molecular formula is C20F44N+. The summed E-state index contributed by atoms with van der Waals surface area (Å²) in [6.07, 6.45) is -38.0. The molecule has 0 atom stereocenters. The van der Waals surface area contributed by atoms with Crippen LogP contribution in [0.25, 0.3) is 0 Å². The zero-order chi connectivity index (χ0) is 54.5. The summed E-state index contributed by atoms with van der Waals surface area (Å²) in [7, 11) is 0. The van der Waals surface area contributed by atoms with E-state index in [9.17, 15) is 184 Å². The molecule has 65 heavy (non-hydrogen) atoms. The van der Waals surface area contributed by atoms with Gasteiger partial charge >= 0.3 is 120 Å². The van der Waals surface area contributed by atoms with Crippen LogP contribution in [-0.2, 0) is 0 Å². The average Bonchev–Trinajstić information content (AvgIpc) is 3.01. The molecule has 0 aliphatic rings. The molecule has 0 aliphatic heterocycles. The molecule has 0 bridgehead atoms. The van der Waals surface area contributed by atoms with Gasteiger partial charge in [-0.1, -0.05) is 4.48 Å². The summed E-state index contributed by atoms with van der Waals surface area (Å²) in [6, 6.07) is -47.7. The monoisotopic (exact) mass is 1090 g/mol. The van der Waals surface area contributed by atoms with Gasteiger partial charge in [0.05, 0.1) is 0 Å². The van der Waals surface area contributed by atoms with E-state index in [4.69, 9.17) is 0 Å². The number of rotatable bonds is 16. The van der Waals surface area contributed by atoms with Crippen LogP contribution in [0.1, 0.15) is 0 Å². The van der Waals surface area contributed by atoms with Crippen LogP contribution in [-0.4, -0.2) is 124 Å². The lowest BCUT2D eigenvalue weighted by molar-refractivity contribution is -1.21. The van der Waals surface area contributed by atoms with Gasteiger partial charge in [0.2, 0.25) is 0 Å². The number of alkyl halides is 44. The van der Waals surface area contributed by atoms with Crippen LogP contribution in [0.4, 0.5) is 193 Å². The molecule has 0 heterocycles. The van der Waals surface area contributed by atoms with Crippen LogP contribution in [0.5, 0.6) is 0 Å². The lowest BCUT2D eigenvalue weighted by atomic mass is 9.85. The van der Waals surface area contributed by atoms with Crippen molar-refractivity contribution >= 4 is 0 Å². The molecule has 45 heteroatoms. The third-order valence-electron chi connectivity index (χ3n) is 7.77. The first-order valence-electron chi connectivity index (χ1n) is 13.2. The summed E-state index contributed by atoms with van der Waals surface area (Å²) in [5.41, 5.74) is 0. The van der Waals surface area contributed by atoms with Gasteiger partial charge in [-0.3, -0.25) is 0 Å². The van der Waals surface area contributed by atoms with E-state index < -0.39 is 124 Å². The van der Waals surface area contributed by atoms with E-state index >= 15 is 8.78 Å². The maximum absolute atomic E-state index is 15.2. The maximum atomic E-state index is 15.2. The minimum absolute atomic E-state index is 8.69. The van der Waals surface area contributed by atoms with E-state index in [1.54, 1.807) is 0 Å². The smallest absolute Gasteiger partial charge is 0.192 e. The van der Waals surface area contributed by atoms with Crippen molar-refractivity contribution in [1.29, 1.82) is 0 Å². The fraction of sp³-hybridized carbons (Fsp3) is 1.00. The number of nitrogens with zero attached hydrogens (tertiary/aromatic N) is 1. The maximum Gasteiger partial charge on any atom is 0.480 e. The highest BCUT2D eigenvalue weighted by Gasteiger charge is 3.12. The summed E-state index contributed by atoms with van der Waals surface area (Å²) in [4.78, 5) is 0. The van der Waals surface area contributed by atoms with Crippen LogP contribution in [0, 0.1) is 0 Å². The van der Waals surface area contributed by atoms with Crippen LogP contribution < -0.4 is 0 Å². The van der Waals surface area contributed by atoms with Gasteiger partial charge in [-0.25, -0.2) is 0 Å². The van der Waals surface area contributed by atoms with Gasteiger partial charge in [0.1, 0.15) is 0 Å². The molecule has 0 aliphatic carbocycles. The highest BCUT2D eigenvalue weighted by Crippen LogP contribution is 2.75. The normalized spacial score (nSPS) is 17.5. The second-order valence-electron chi connectivity index (χ2n) is 11.7. The number of quaternary nitrogens is 1. The second kappa shape index (κ2) is 14.5. The molecule has 0 aromatic heterocycles. The van der Waals surface area contributed by atoms with E-state index in [2.05, 4.69) is 0 Å². The molecule has 0 spiro atoms. The Morgan fingerprint density at radius 1 is 0.123 bits per heavy atom. The van der Waals surface area contributed by atoms with Crippen molar-refractivity contribution in [3.05, 3.63) is 0 Å². The topological polar surface area (TPSA) is 0 Å². The van der Waals surface area contributed by atoms with Crippen molar-refractivity contribution in [3.8, 4) is 0 Å². The molecule has 0 aromatic rings. The molecule has 1 nitrogen and oxygen atoms in total. The Labute approximate surface area is 319 Å². The number of halogens is 44.